The Kier molecular flexibility index (Phi) is 2.65. The number of fused-ring (bicyclic) bond motifs is 1. The summed E-state index contributed by atoms with van der Waals surface area (Å²) in [6, 6.07) is 7.01. The van der Waals surface area contributed by atoms with E-state index in [9.17, 15) is 4.39 Å². The fraction of sp³-hybridized carbons (Fsp3) is 0.308. The molecule has 1 fully saturated rings. The summed E-state index contributed by atoms with van der Waals surface area (Å²) in [4.78, 5) is 4.24. The summed E-state index contributed by atoms with van der Waals surface area (Å²) in [7, 11) is 0. The molecule has 0 amide bonds. The van der Waals surface area contributed by atoms with Crippen molar-refractivity contribution in [1.29, 1.82) is 0 Å². The molecule has 4 heteroatoms. The fourth-order valence-electron chi connectivity index (χ4n) is 2.24. The zero-order valence-electron chi connectivity index (χ0n) is 9.41. The van der Waals surface area contributed by atoms with Crippen LogP contribution in [0.5, 0.6) is 0 Å². The Morgan fingerprint density at radius 3 is 3.12 bits per heavy atom. The molecule has 1 aliphatic heterocycles. The van der Waals surface area contributed by atoms with E-state index in [4.69, 9.17) is 0 Å². The molecule has 17 heavy (non-hydrogen) atoms. The average Bonchev–Trinajstić information content (AvgIpc) is 2.83. The van der Waals surface area contributed by atoms with Crippen LogP contribution in [-0.2, 0) is 0 Å². The summed E-state index contributed by atoms with van der Waals surface area (Å²) >= 11 is 0. The highest BCUT2D eigenvalue weighted by Gasteiger charge is 2.15. The molecule has 2 heterocycles. The molecule has 1 aliphatic rings. The first-order valence-corrected chi connectivity index (χ1v) is 5.84. The first-order chi connectivity index (χ1) is 8.33. The van der Waals surface area contributed by atoms with Crippen LogP contribution in [-0.4, -0.2) is 24.1 Å². The topological polar surface area (TPSA) is 37.0 Å². The van der Waals surface area contributed by atoms with Gasteiger partial charge in [-0.2, -0.15) is 0 Å². The minimum Gasteiger partial charge on any atom is -0.380 e. The molecule has 88 valence electrons. The maximum Gasteiger partial charge on any atom is 0.124 e. The molecule has 1 saturated heterocycles. The van der Waals surface area contributed by atoms with Gasteiger partial charge in [-0.05, 0) is 37.2 Å². The molecule has 1 aromatic carbocycles. The number of hydrogen-bond donors (Lipinski definition) is 2. The third-order valence-electron chi connectivity index (χ3n) is 3.12. The molecule has 0 spiro atoms. The monoisotopic (exact) mass is 231 g/mol. The standard InChI is InChI=1S/C13H14FN3/c14-9-1-2-12-11(7-9)13(4-6-16-12)17-10-3-5-15-8-10/h1-2,4,6-7,10,15H,3,5,8H2,(H,16,17). The number of nitrogens with one attached hydrogen (secondary N) is 2. The van der Waals surface area contributed by atoms with Crippen molar-refractivity contribution in [2.24, 2.45) is 0 Å². The van der Waals surface area contributed by atoms with E-state index in [0.29, 0.717) is 6.04 Å². The van der Waals surface area contributed by atoms with Crippen LogP contribution in [0.1, 0.15) is 6.42 Å². The van der Waals surface area contributed by atoms with E-state index in [1.54, 1.807) is 12.3 Å². The van der Waals surface area contributed by atoms with Gasteiger partial charge in [-0.3, -0.25) is 4.98 Å². The molecule has 2 aromatic rings. The van der Waals surface area contributed by atoms with Crippen molar-refractivity contribution >= 4 is 16.6 Å². The van der Waals surface area contributed by atoms with Crippen LogP contribution in [0, 0.1) is 5.82 Å². The van der Waals surface area contributed by atoms with E-state index >= 15 is 0 Å². The highest BCUT2D eigenvalue weighted by Crippen LogP contribution is 2.23. The van der Waals surface area contributed by atoms with Crippen molar-refractivity contribution in [1.82, 2.24) is 10.3 Å². The number of anilines is 1. The molecule has 1 atom stereocenters. The van der Waals surface area contributed by atoms with Crippen LogP contribution in [0.4, 0.5) is 10.1 Å². The summed E-state index contributed by atoms with van der Waals surface area (Å²) < 4.78 is 13.3. The lowest BCUT2D eigenvalue weighted by molar-refractivity contribution is 0.629. The zero-order chi connectivity index (χ0) is 11.7. The molecule has 3 rings (SSSR count). The van der Waals surface area contributed by atoms with Crippen molar-refractivity contribution in [3.63, 3.8) is 0 Å². The summed E-state index contributed by atoms with van der Waals surface area (Å²) in [5.74, 6) is -0.224. The van der Waals surface area contributed by atoms with E-state index in [2.05, 4.69) is 15.6 Å². The average molecular weight is 231 g/mol. The summed E-state index contributed by atoms with van der Waals surface area (Å²) in [5, 5.41) is 7.59. The van der Waals surface area contributed by atoms with Gasteiger partial charge in [-0.1, -0.05) is 0 Å². The molecule has 0 saturated carbocycles. The Morgan fingerprint density at radius 1 is 1.35 bits per heavy atom. The lowest BCUT2D eigenvalue weighted by Gasteiger charge is -2.14. The van der Waals surface area contributed by atoms with E-state index < -0.39 is 0 Å². The van der Waals surface area contributed by atoms with Gasteiger partial charge in [-0.15, -0.1) is 0 Å². The molecular formula is C13H14FN3. The first-order valence-electron chi connectivity index (χ1n) is 5.84. The quantitative estimate of drug-likeness (QED) is 0.831. The van der Waals surface area contributed by atoms with Gasteiger partial charge in [0.15, 0.2) is 0 Å². The van der Waals surface area contributed by atoms with Gasteiger partial charge in [0, 0.05) is 29.9 Å². The maximum absolute atomic E-state index is 13.3. The van der Waals surface area contributed by atoms with Gasteiger partial charge < -0.3 is 10.6 Å². The second-order valence-corrected chi connectivity index (χ2v) is 4.35. The number of benzene rings is 1. The van der Waals surface area contributed by atoms with Crippen molar-refractivity contribution in [2.75, 3.05) is 18.4 Å². The van der Waals surface area contributed by atoms with Crippen LogP contribution in [0.3, 0.4) is 0 Å². The number of aromatic nitrogens is 1. The Balaban J connectivity index is 1.99. The third-order valence-corrected chi connectivity index (χ3v) is 3.12. The Bertz CT molecular complexity index is 535. The van der Waals surface area contributed by atoms with Crippen molar-refractivity contribution < 1.29 is 4.39 Å². The second kappa shape index (κ2) is 4.30. The van der Waals surface area contributed by atoms with Crippen LogP contribution in [0.25, 0.3) is 10.9 Å². The largest absolute Gasteiger partial charge is 0.380 e. The molecular weight excluding hydrogens is 217 g/mol. The van der Waals surface area contributed by atoms with Gasteiger partial charge >= 0.3 is 0 Å². The smallest absolute Gasteiger partial charge is 0.124 e. The SMILES string of the molecule is Fc1ccc2nccc(NC3CCNC3)c2c1. The van der Waals surface area contributed by atoms with Gasteiger partial charge in [-0.25, -0.2) is 4.39 Å². The number of pyridine rings is 1. The highest BCUT2D eigenvalue weighted by atomic mass is 19.1. The Morgan fingerprint density at radius 2 is 2.29 bits per heavy atom. The van der Waals surface area contributed by atoms with Crippen molar-refractivity contribution in [3.05, 3.63) is 36.3 Å². The van der Waals surface area contributed by atoms with Gasteiger partial charge in [0.05, 0.1) is 5.52 Å². The number of rotatable bonds is 2. The lowest BCUT2D eigenvalue weighted by atomic mass is 10.1. The van der Waals surface area contributed by atoms with Crippen LogP contribution < -0.4 is 10.6 Å². The Labute approximate surface area is 99.1 Å². The summed E-state index contributed by atoms with van der Waals surface area (Å²) in [6.07, 6.45) is 2.85. The molecule has 0 radical (unpaired) electrons. The van der Waals surface area contributed by atoms with Gasteiger partial charge in [0.1, 0.15) is 5.82 Å². The summed E-state index contributed by atoms with van der Waals surface area (Å²) in [5.41, 5.74) is 1.78. The van der Waals surface area contributed by atoms with Crippen molar-refractivity contribution in [2.45, 2.75) is 12.5 Å². The van der Waals surface area contributed by atoms with Crippen LogP contribution >= 0.6 is 0 Å². The number of nitrogens with zero attached hydrogens (tertiary/aromatic N) is 1. The van der Waals surface area contributed by atoms with Gasteiger partial charge in [0.2, 0.25) is 0 Å². The predicted molar refractivity (Wildman–Crippen MR) is 66.6 cm³/mol. The molecule has 1 unspecified atom stereocenters. The second-order valence-electron chi connectivity index (χ2n) is 4.35. The summed E-state index contributed by atoms with van der Waals surface area (Å²) in [6.45, 7) is 1.99. The van der Waals surface area contributed by atoms with E-state index in [0.717, 1.165) is 36.1 Å². The number of halogens is 1. The molecule has 3 nitrogen and oxygen atoms in total. The van der Waals surface area contributed by atoms with E-state index in [1.165, 1.54) is 12.1 Å². The Hall–Kier alpha value is -1.68. The third kappa shape index (κ3) is 2.08. The minimum absolute atomic E-state index is 0.224. The zero-order valence-corrected chi connectivity index (χ0v) is 9.41. The predicted octanol–water partition coefficient (Wildman–Crippen LogP) is 2.15. The number of hydrogen-bond acceptors (Lipinski definition) is 3. The normalized spacial score (nSPS) is 19.7. The first kappa shape index (κ1) is 10.5. The highest BCUT2D eigenvalue weighted by molar-refractivity contribution is 5.91. The maximum atomic E-state index is 13.3. The minimum atomic E-state index is -0.224. The molecule has 0 aliphatic carbocycles. The van der Waals surface area contributed by atoms with Crippen LogP contribution in [0.2, 0.25) is 0 Å². The van der Waals surface area contributed by atoms with Crippen LogP contribution in [0.15, 0.2) is 30.5 Å². The van der Waals surface area contributed by atoms with Gasteiger partial charge in [0.25, 0.3) is 0 Å². The van der Waals surface area contributed by atoms with Crippen molar-refractivity contribution in [3.8, 4) is 0 Å². The molecule has 0 bridgehead atoms. The van der Waals surface area contributed by atoms with E-state index in [1.807, 2.05) is 6.07 Å². The van der Waals surface area contributed by atoms with E-state index in [-0.39, 0.29) is 5.82 Å². The molecule has 1 aromatic heterocycles. The molecule has 2 N–H and O–H groups in total. The fourth-order valence-corrected chi connectivity index (χ4v) is 2.24. The lowest BCUT2D eigenvalue weighted by Crippen LogP contribution is -2.22.